The number of nitrogens with two attached hydrogens (primary N) is 3. The average molecular weight is 903 g/mol. The summed E-state index contributed by atoms with van der Waals surface area (Å²) in [6.45, 7) is -1.14. The topological polar surface area (TPSA) is 343 Å². The number of aromatic nitrogens is 4. The standard InChI is InChI=1S/C24H24Br2N7O15P3/c25-10-1-3-14(27)12(5-10)23(34)45-18-16(7-43-50(39,40)48-51(41,42)47-49(36,37)38)44-22(33-9-32-17-20(29)30-8-31-21(17)33)19(18)46-24(35)13-6-11(26)2-4-15(13)28/h1-6,8-9,16,18-19,22H,7,27-28H2,(H,39,40)(H,41,42)(H2,29,30,31)(H2,36,37,38)/t16-,18-,19-,22-/m1/s1. The van der Waals surface area contributed by atoms with Gasteiger partial charge in [-0.2, -0.15) is 8.62 Å². The van der Waals surface area contributed by atoms with Gasteiger partial charge in [0, 0.05) is 20.3 Å². The predicted molar refractivity (Wildman–Crippen MR) is 179 cm³/mol. The van der Waals surface area contributed by atoms with Crippen LogP contribution in [0.3, 0.4) is 0 Å². The largest absolute Gasteiger partial charge is 0.490 e. The Labute approximate surface area is 301 Å². The van der Waals surface area contributed by atoms with Crippen molar-refractivity contribution in [3.63, 3.8) is 0 Å². The van der Waals surface area contributed by atoms with E-state index in [9.17, 15) is 33.1 Å². The number of carbonyl (C=O) groups is 2. The second-order valence-electron chi connectivity index (χ2n) is 10.2. The molecule has 1 saturated heterocycles. The zero-order valence-corrected chi connectivity index (χ0v) is 30.9. The Morgan fingerprint density at radius 2 is 1.39 bits per heavy atom. The van der Waals surface area contributed by atoms with Crippen LogP contribution in [0.2, 0.25) is 0 Å². The van der Waals surface area contributed by atoms with E-state index in [1.54, 1.807) is 6.07 Å². The van der Waals surface area contributed by atoms with Gasteiger partial charge in [-0.1, -0.05) is 31.9 Å². The van der Waals surface area contributed by atoms with Crippen molar-refractivity contribution in [3.8, 4) is 0 Å². The zero-order valence-electron chi connectivity index (χ0n) is 25.0. The van der Waals surface area contributed by atoms with E-state index in [2.05, 4.69) is 55.4 Å². The van der Waals surface area contributed by atoms with Crippen LogP contribution in [-0.4, -0.2) is 76.0 Å². The number of rotatable bonds is 12. The first-order valence-electron chi connectivity index (χ1n) is 13.6. The molecule has 0 radical (unpaired) electrons. The molecule has 274 valence electrons. The lowest BCUT2D eigenvalue weighted by Gasteiger charge is -2.25. The molecule has 0 amide bonds. The van der Waals surface area contributed by atoms with Gasteiger partial charge in [-0.3, -0.25) is 9.09 Å². The maximum Gasteiger partial charge on any atom is 0.490 e. The number of phosphoric ester groups is 1. The molecule has 0 aliphatic carbocycles. The van der Waals surface area contributed by atoms with Crippen molar-refractivity contribution in [1.29, 1.82) is 0 Å². The van der Waals surface area contributed by atoms with Crippen molar-refractivity contribution < 1.29 is 70.2 Å². The highest BCUT2D eigenvalue weighted by atomic mass is 79.9. The third-order valence-corrected chi connectivity index (χ3v) is 11.5. The number of ether oxygens (including phenoxy) is 3. The molecule has 2 unspecified atom stereocenters. The Morgan fingerprint density at radius 3 is 1.96 bits per heavy atom. The molecular weight excluding hydrogens is 879 g/mol. The summed E-state index contributed by atoms with van der Waals surface area (Å²) < 4.78 is 67.7. The van der Waals surface area contributed by atoms with Crippen molar-refractivity contribution in [3.05, 3.63) is 69.1 Å². The molecule has 2 aromatic carbocycles. The Hall–Kier alpha value is -3.34. The first-order valence-corrected chi connectivity index (χ1v) is 19.7. The monoisotopic (exact) mass is 901 g/mol. The maximum absolute atomic E-state index is 13.6. The van der Waals surface area contributed by atoms with E-state index in [0.717, 1.165) is 6.33 Å². The summed E-state index contributed by atoms with van der Waals surface area (Å²) in [7, 11) is -17.3. The molecule has 22 nitrogen and oxygen atoms in total. The van der Waals surface area contributed by atoms with Crippen LogP contribution in [0, 0.1) is 0 Å². The van der Waals surface area contributed by atoms with Gasteiger partial charge >= 0.3 is 35.4 Å². The number of phosphoric acid groups is 3. The van der Waals surface area contributed by atoms with Gasteiger partial charge in [-0.05, 0) is 36.4 Å². The van der Waals surface area contributed by atoms with Crippen LogP contribution in [0.25, 0.3) is 11.2 Å². The maximum atomic E-state index is 13.6. The Bertz CT molecular complexity index is 2150. The van der Waals surface area contributed by atoms with Gasteiger partial charge in [-0.25, -0.2) is 38.2 Å². The van der Waals surface area contributed by atoms with Crippen molar-refractivity contribution in [1.82, 2.24) is 19.5 Å². The number of fused-ring (bicyclic) bond motifs is 1. The molecule has 4 aromatic rings. The number of imidazole rings is 1. The van der Waals surface area contributed by atoms with E-state index < -0.39 is 66.6 Å². The van der Waals surface area contributed by atoms with Gasteiger partial charge in [0.1, 0.15) is 17.9 Å². The molecule has 51 heavy (non-hydrogen) atoms. The third kappa shape index (κ3) is 9.37. The Morgan fingerprint density at radius 1 is 0.824 bits per heavy atom. The van der Waals surface area contributed by atoms with Crippen molar-refractivity contribution >= 4 is 95.6 Å². The van der Waals surface area contributed by atoms with E-state index >= 15 is 0 Å². The number of benzene rings is 2. The van der Waals surface area contributed by atoms with E-state index in [1.807, 2.05) is 0 Å². The second-order valence-corrected chi connectivity index (χ2v) is 16.5. The molecule has 1 fully saturated rings. The summed E-state index contributed by atoms with van der Waals surface area (Å²) in [6.07, 6.45) is -4.42. The Kier molecular flexibility index (Phi) is 11.4. The Balaban J connectivity index is 1.56. The number of nitrogen functional groups attached to an aromatic ring is 3. The number of hydrogen-bond acceptors (Lipinski definition) is 17. The first kappa shape index (κ1) is 38.9. The zero-order chi connectivity index (χ0) is 37.5. The molecule has 3 heterocycles. The van der Waals surface area contributed by atoms with E-state index in [-0.39, 0.29) is 39.5 Å². The summed E-state index contributed by atoms with van der Waals surface area (Å²) in [5.41, 5.74) is 17.7. The SMILES string of the molecule is Nc1ccc(Br)cc1C(=O)O[C@@H]1[C@H](OC(=O)c2cc(Br)ccc2N)[C@@H](COP(=O)(O)OP(=O)(O)OP(=O)(O)O)O[C@H]1n1cnc2c(N)ncnc21. The summed E-state index contributed by atoms with van der Waals surface area (Å²) in [5, 5.41) is 0. The molecule has 2 aromatic heterocycles. The normalized spacial score (nSPS) is 21.5. The van der Waals surface area contributed by atoms with Crippen LogP contribution in [-0.2, 0) is 41.1 Å². The van der Waals surface area contributed by atoms with Crippen LogP contribution in [0.5, 0.6) is 0 Å². The summed E-state index contributed by atoms with van der Waals surface area (Å²) in [5.74, 6) is -2.21. The first-order chi connectivity index (χ1) is 23.7. The van der Waals surface area contributed by atoms with Gasteiger partial charge in [-0.15, -0.1) is 0 Å². The van der Waals surface area contributed by atoms with Crippen LogP contribution in [0.4, 0.5) is 17.2 Å². The van der Waals surface area contributed by atoms with Crippen molar-refractivity contribution in [2.75, 3.05) is 23.8 Å². The van der Waals surface area contributed by atoms with Gasteiger partial charge in [0.15, 0.2) is 29.9 Å². The fourth-order valence-electron chi connectivity index (χ4n) is 4.65. The fraction of sp³-hybridized carbons (Fsp3) is 0.208. The van der Waals surface area contributed by atoms with Crippen molar-refractivity contribution in [2.45, 2.75) is 24.5 Å². The molecule has 1 aliphatic rings. The summed E-state index contributed by atoms with van der Waals surface area (Å²) in [4.78, 5) is 76.8. The summed E-state index contributed by atoms with van der Waals surface area (Å²) in [6, 6.07) is 8.55. The lowest BCUT2D eigenvalue weighted by atomic mass is 10.1. The number of halogens is 2. The highest BCUT2D eigenvalue weighted by molar-refractivity contribution is 9.10. The van der Waals surface area contributed by atoms with Crippen LogP contribution < -0.4 is 17.2 Å². The van der Waals surface area contributed by atoms with E-state index in [4.69, 9.17) is 45.7 Å². The number of hydrogen-bond donors (Lipinski definition) is 7. The molecular formula is C24H24Br2N7O15P3. The van der Waals surface area contributed by atoms with Gasteiger partial charge < -0.3 is 51.0 Å². The second kappa shape index (κ2) is 15.0. The molecule has 0 spiro atoms. The summed E-state index contributed by atoms with van der Waals surface area (Å²) >= 11 is 6.47. The molecule has 0 saturated carbocycles. The minimum Gasteiger partial charge on any atom is -0.452 e. The van der Waals surface area contributed by atoms with Crippen LogP contribution >= 0.6 is 55.3 Å². The number of nitrogens with zero attached hydrogens (tertiary/aromatic N) is 4. The molecule has 0 bridgehead atoms. The molecule has 6 atom stereocenters. The van der Waals surface area contributed by atoms with Gasteiger partial charge in [0.25, 0.3) is 0 Å². The lowest BCUT2D eigenvalue weighted by molar-refractivity contribution is -0.0558. The molecule has 1 aliphatic heterocycles. The molecule has 10 N–H and O–H groups in total. The predicted octanol–water partition coefficient (Wildman–Crippen LogP) is 2.79. The van der Waals surface area contributed by atoms with Crippen molar-refractivity contribution in [2.24, 2.45) is 0 Å². The van der Waals surface area contributed by atoms with Crippen LogP contribution in [0.15, 0.2) is 58.0 Å². The van der Waals surface area contributed by atoms with Gasteiger partial charge in [0.05, 0.1) is 24.1 Å². The third-order valence-electron chi connectivity index (χ3n) is 6.72. The van der Waals surface area contributed by atoms with E-state index in [0.29, 0.717) is 8.95 Å². The highest BCUT2D eigenvalue weighted by Gasteiger charge is 2.53. The average Bonchev–Trinajstić information content (AvgIpc) is 3.58. The number of carbonyl (C=O) groups excluding carboxylic acids is 2. The fourth-order valence-corrected chi connectivity index (χ4v) is 8.40. The lowest BCUT2D eigenvalue weighted by Crippen LogP contribution is -2.41. The number of esters is 2. The van der Waals surface area contributed by atoms with E-state index in [1.165, 1.54) is 41.2 Å². The molecule has 5 rings (SSSR count). The quantitative estimate of drug-likeness (QED) is 0.0610. The molecule has 27 heteroatoms. The minimum absolute atomic E-state index is 0.00748. The minimum atomic E-state index is -5.91. The number of anilines is 3. The smallest absolute Gasteiger partial charge is 0.452 e. The van der Waals surface area contributed by atoms with Gasteiger partial charge in [0.2, 0.25) is 0 Å². The highest BCUT2D eigenvalue weighted by Crippen LogP contribution is 2.66. The van der Waals surface area contributed by atoms with Crippen LogP contribution in [0.1, 0.15) is 26.9 Å².